The molecule has 18 heavy (non-hydrogen) atoms. The third kappa shape index (κ3) is 9.76. The smallest absolute Gasteiger partial charge is 0.159 e. The zero-order chi connectivity index (χ0) is 14.4. The highest BCUT2D eigenvalue weighted by Crippen LogP contribution is 2.04. The lowest BCUT2D eigenvalue weighted by molar-refractivity contribution is 0.737. The van der Waals surface area contributed by atoms with Gasteiger partial charge in [0.05, 0.1) is 0 Å². The Bertz CT molecular complexity index is 315. The fourth-order valence-corrected chi connectivity index (χ4v) is 0.908. The molecule has 102 valence electrons. The van der Waals surface area contributed by atoms with E-state index in [1.165, 1.54) is 0 Å². The molecule has 0 unspecified atom stereocenters. The van der Waals surface area contributed by atoms with Crippen molar-refractivity contribution in [2.45, 2.75) is 48.5 Å². The molecule has 0 spiro atoms. The molecule has 0 N–H and O–H groups in total. The first-order valence-electron chi connectivity index (χ1n) is 6.86. The molecule has 0 saturated heterocycles. The predicted molar refractivity (Wildman–Crippen MR) is 82.7 cm³/mol. The Hall–Kier alpha value is -1.44. The lowest BCUT2D eigenvalue weighted by atomic mass is 10.3. The average Bonchev–Trinajstić information content (AvgIpc) is 2.43. The molecule has 0 amide bonds. The highest BCUT2D eigenvalue weighted by molar-refractivity contribution is 5.73. The molecule has 0 aliphatic carbocycles. The second kappa shape index (κ2) is 13.6. The largest absolute Gasteiger partial charge is 0.237 e. The van der Waals surface area contributed by atoms with Crippen LogP contribution in [0.2, 0.25) is 0 Å². The van der Waals surface area contributed by atoms with Gasteiger partial charge in [-0.1, -0.05) is 48.5 Å². The Morgan fingerprint density at radius 3 is 1.39 bits per heavy atom. The molecule has 0 fully saturated rings. The van der Waals surface area contributed by atoms with E-state index in [-0.39, 0.29) is 0 Å². The first-order valence-corrected chi connectivity index (χ1v) is 6.86. The third-order valence-corrected chi connectivity index (χ3v) is 1.38. The molecule has 2 aromatic heterocycles. The van der Waals surface area contributed by atoms with Gasteiger partial charge in [0.15, 0.2) is 5.65 Å². The van der Waals surface area contributed by atoms with Crippen molar-refractivity contribution in [3.05, 3.63) is 36.7 Å². The molecule has 2 heteroatoms. The van der Waals surface area contributed by atoms with E-state index in [0.29, 0.717) is 0 Å². The molecular weight excluding hydrogens is 220 g/mol. The first-order chi connectivity index (χ1) is 8.70. The van der Waals surface area contributed by atoms with Gasteiger partial charge in [0.1, 0.15) is 0 Å². The maximum absolute atomic E-state index is 4.07. The van der Waals surface area contributed by atoms with Crippen molar-refractivity contribution in [1.29, 1.82) is 0 Å². The summed E-state index contributed by atoms with van der Waals surface area (Å²) in [5, 5.41) is 1.09. The van der Waals surface area contributed by atoms with Crippen LogP contribution < -0.4 is 0 Å². The number of nitrogens with zero attached hydrogens (tertiary/aromatic N) is 2. The summed E-state index contributed by atoms with van der Waals surface area (Å²) < 4.78 is 0. The standard InChI is InChI=1S/C8H6N2.C4H10.2C2H6/c1-3-7-4-2-6-10-8(7)9-5-1;1-4(2)3;2*1-2/h1-6H;4H,1-3H3;2*1-2H3. The molecule has 0 aliphatic rings. The third-order valence-electron chi connectivity index (χ3n) is 1.38. The van der Waals surface area contributed by atoms with Crippen molar-refractivity contribution >= 4 is 11.0 Å². The van der Waals surface area contributed by atoms with Crippen LogP contribution in [0.3, 0.4) is 0 Å². The zero-order valence-corrected chi connectivity index (χ0v) is 12.9. The summed E-state index contributed by atoms with van der Waals surface area (Å²) in [7, 11) is 0. The van der Waals surface area contributed by atoms with Gasteiger partial charge in [-0.3, -0.25) is 0 Å². The SMILES string of the molecule is CC.CC.CC(C)C.c1cnc2ncccc2c1. The van der Waals surface area contributed by atoms with E-state index >= 15 is 0 Å². The molecule has 0 bridgehead atoms. The van der Waals surface area contributed by atoms with Gasteiger partial charge in [-0.2, -0.15) is 0 Å². The Balaban J connectivity index is 0. The molecule has 0 aromatic carbocycles. The Morgan fingerprint density at radius 1 is 0.778 bits per heavy atom. The van der Waals surface area contributed by atoms with Crippen molar-refractivity contribution < 1.29 is 0 Å². The van der Waals surface area contributed by atoms with Crippen LogP contribution in [-0.2, 0) is 0 Å². The quantitative estimate of drug-likeness (QED) is 0.628. The molecule has 2 rings (SSSR count). The van der Waals surface area contributed by atoms with E-state index < -0.39 is 0 Å². The van der Waals surface area contributed by atoms with Crippen molar-refractivity contribution in [2.24, 2.45) is 5.92 Å². The molecule has 0 aliphatic heterocycles. The molecule has 0 radical (unpaired) electrons. The van der Waals surface area contributed by atoms with Gasteiger partial charge < -0.3 is 0 Å². The summed E-state index contributed by atoms with van der Waals surface area (Å²) in [6.45, 7) is 14.5. The fourth-order valence-electron chi connectivity index (χ4n) is 0.908. The van der Waals surface area contributed by atoms with Gasteiger partial charge in [0.2, 0.25) is 0 Å². The molecule has 0 saturated carbocycles. The van der Waals surface area contributed by atoms with Crippen LogP contribution in [-0.4, -0.2) is 9.97 Å². The molecule has 0 atom stereocenters. The summed E-state index contributed by atoms with van der Waals surface area (Å²) in [4.78, 5) is 8.14. The summed E-state index contributed by atoms with van der Waals surface area (Å²) in [5.41, 5.74) is 0.810. The number of pyridine rings is 2. The first kappa shape index (κ1) is 18.9. The normalized spacial score (nSPS) is 8.22. The number of fused-ring (bicyclic) bond motifs is 1. The van der Waals surface area contributed by atoms with Crippen molar-refractivity contribution in [1.82, 2.24) is 9.97 Å². The van der Waals surface area contributed by atoms with Gasteiger partial charge >= 0.3 is 0 Å². The monoisotopic (exact) mass is 248 g/mol. The van der Waals surface area contributed by atoms with Crippen LogP contribution in [0.15, 0.2) is 36.7 Å². The Labute approximate surface area is 112 Å². The Kier molecular flexibility index (Phi) is 14.3. The van der Waals surface area contributed by atoms with Crippen LogP contribution in [0.1, 0.15) is 48.5 Å². The van der Waals surface area contributed by atoms with Crippen LogP contribution in [0.5, 0.6) is 0 Å². The second-order valence-corrected chi connectivity index (χ2v) is 3.79. The fraction of sp³-hybridized carbons (Fsp3) is 0.500. The Morgan fingerprint density at radius 2 is 1.11 bits per heavy atom. The minimum absolute atomic E-state index is 0.810. The van der Waals surface area contributed by atoms with E-state index in [0.717, 1.165) is 17.0 Å². The van der Waals surface area contributed by atoms with Gasteiger partial charge in [-0.15, -0.1) is 0 Å². The zero-order valence-electron chi connectivity index (χ0n) is 12.9. The van der Waals surface area contributed by atoms with Gasteiger partial charge in [0.25, 0.3) is 0 Å². The average molecular weight is 248 g/mol. The van der Waals surface area contributed by atoms with E-state index in [4.69, 9.17) is 0 Å². The predicted octanol–water partition coefficient (Wildman–Crippen LogP) is 5.34. The van der Waals surface area contributed by atoms with Gasteiger partial charge in [-0.05, 0) is 30.2 Å². The van der Waals surface area contributed by atoms with Crippen molar-refractivity contribution in [3.63, 3.8) is 0 Å². The number of hydrogen-bond donors (Lipinski definition) is 0. The van der Waals surface area contributed by atoms with Crippen LogP contribution in [0.25, 0.3) is 11.0 Å². The van der Waals surface area contributed by atoms with Crippen molar-refractivity contribution in [3.8, 4) is 0 Å². The van der Waals surface area contributed by atoms with Gasteiger partial charge in [-0.25, -0.2) is 9.97 Å². The van der Waals surface area contributed by atoms with Crippen LogP contribution >= 0.6 is 0 Å². The van der Waals surface area contributed by atoms with E-state index in [2.05, 4.69) is 30.7 Å². The highest BCUT2D eigenvalue weighted by Gasteiger charge is 1.88. The van der Waals surface area contributed by atoms with Gasteiger partial charge in [0, 0.05) is 17.8 Å². The number of aromatic nitrogens is 2. The highest BCUT2D eigenvalue weighted by atomic mass is 14.8. The summed E-state index contributed by atoms with van der Waals surface area (Å²) in [5.74, 6) is 0.833. The number of hydrogen-bond acceptors (Lipinski definition) is 2. The molecule has 2 heterocycles. The number of rotatable bonds is 0. The summed E-state index contributed by atoms with van der Waals surface area (Å²) in [6.07, 6.45) is 3.49. The van der Waals surface area contributed by atoms with E-state index in [1.54, 1.807) is 12.4 Å². The minimum Gasteiger partial charge on any atom is -0.237 e. The van der Waals surface area contributed by atoms with Crippen molar-refractivity contribution in [2.75, 3.05) is 0 Å². The minimum atomic E-state index is 0.810. The second-order valence-electron chi connectivity index (χ2n) is 3.79. The van der Waals surface area contributed by atoms with E-state index in [9.17, 15) is 0 Å². The van der Waals surface area contributed by atoms with Crippen LogP contribution in [0.4, 0.5) is 0 Å². The maximum atomic E-state index is 4.07. The van der Waals surface area contributed by atoms with Crippen LogP contribution in [0, 0.1) is 5.92 Å². The maximum Gasteiger partial charge on any atom is 0.159 e. The van der Waals surface area contributed by atoms with E-state index in [1.807, 2.05) is 52.0 Å². The lowest BCUT2D eigenvalue weighted by Crippen LogP contribution is -1.78. The molecule has 2 aromatic rings. The summed E-state index contributed by atoms with van der Waals surface area (Å²) in [6, 6.07) is 7.80. The lowest BCUT2D eigenvalue weighted by Gasteiger charge is -1.90. The molecular formula is C16H28N2. The topological polar surface area (TPSA) is 25.8 Å². The molecule has 2 nitrogen and oxygen atoms in total. The summed E-state index contributed by atoms with van der Waals surface area (Å²) >= 11 is 0.